The first-order chi connectivity index (χ1) is 14.8. The van der Waals surface area contributed by atoms with Crippen molar-refractivity contribution in [1.29, 1.82) is 0 Å². The predicted octanol–water partition coefficient (Wildman–Crippen LogP) is 0.182. The lowest BCUT2D eigenvalue weighted by molar-refractivity contribution is -0.120. The summed E-state index contributed by atoms with van der Waals surface area (Å²) in [5.74, 6) is 0.202. The summed E-state index contributed by atoms with van der Waals surface area (Å²) in [6.45, 7) is 2.33. The maximum atomic E-state index is 13.0. The number of benzene rings is 1. The fourth-order valence-electron chi connectivity index (χ4n) is 3.77. The number of aromatic nitrogens is 2. The number of carbonyl (C=O) groups is 1. The standard InChI is InChI=1S/C19H22N4O7S/c1-11-16(18(25)22-19(26)20-11)31(27,28)23-6-2-3-12(10-23)17(24)21-13-4-5-14-15(9-13)30-8-7-29-14/h4-5,9,12H,2-3,6-8,10H2,1H3,(H,21,24)(H2,20,22,25,26)/t12-/m1/s1. The smallest absolute Gasteiger partial charge is 0.325 e. The van der Waals surface area contributed by atoms with Crippen LogP contribution >= 0.6 is 0 Å². The maximum Gasteiger partial charge on any atom is 0.325 e. The van der Waals surface area contributed by atoms with Crippen molar-refractivity contribution in [1.82, 2.24) is 14.3 Å². The molecular formula is C19H22N4O7S. The molecule has 12 heteroatoms. The normalized spacial score (nSPS) is 19.1. The number of rotatable bonds is 4. The van der Waals surface area contributed by atoms with E-state index in [-0.39, 0.29) is 24.7 Å². The minimum absolute atomic E-state index is 0.0448. The van der Waals surface area contributed by atoms with Crippen molar-refractivity contribution in [3.8, 4) is 11.5 Å². The molecule has 1 saturated heterocycles. The van der Waals surface area contributed by atoms with E-state index in [2.05, 4.69) is 10.3 Å². The highest BCUT2D eigenvalue weighted by Gasteiger charge is 2.36. The van der Waals surface area contributed by atoms with Crippen molar-refractivity contribution in [3.63, 3.8) is 0 Å². The van der Waals surface area contributed by atoms with Crippen molar-refractivity contribution in [2.45, 2.75) is 24.7 Å². The van der Waals surface area contributed by atoms with Crippen LogP contribution < -0.4 is 26.0 Å². The fraction of sp³-hybridized carbons (Fsp3) is 0.421. The van der Waals surface area contributed by atoms with Crippen LogP contribution in [0.3, 0.4) is 0 Å². The van der Waals surface area contributed by atoms with Gasteiger partial charge in [-0.25, -0.2) is 13.2 Å². The Labute approximate surface area is 177 Å². The van der Waals surface area contributed by atoms with Gasteiger partial charge < -0.3 is 19.8 Å². The SMILES string of the molecule is Cc1[nH]c(=O)[nH]c(=O)c1S(=O)(=O)N1CCC[C@@H](C(=O)Nc2ccc3c(c2)OCCO3)C1. The van der Waals surface area contributed by atoms with Crippen LogP contribution in [0.15, 0.2) is 32.7 Å². The molecule has 0 bridgehead atoms. The molecule has 4 rings (SSSR count). The summed E-state index contributed by atoms with van der Waals surface area (Å²) in [4.78, 5) is 40.1. The summed E-state index contributed by atoms with van der Waals surface area (Å²) >= 11 is 0. The highest BCUT2D eigenvalue weighted by molar-refractivity contribution is 7.89. The molecule has 1 atom stereocenters. The summed E-state index contributed by atoms with van der Waals surface area (Å²) in [7, 11) is -4.19. The van der Waals surface area contributed by atoms with Crippen LogP contribution in [0.25, 0.3) is 0 Å². The Kier molecular flexibility index (Phi) is 5.58. The summed E-state index contributed by atoms with van der Waals surface area (Å²) < 4.78 is 38.2. The van der Waals surface area contributed by atoms with Crippen LogP contribution in [0.4, 0.5) is 5.69 Å². The van der Waals surface area contributed by atoms with Crippen molar-refractivity contribution in [2.24, 2.45) is 5.92 Å². The second-order valence-electron chi connectivity index (χ2n) is 7.41. The Balaban J connectivity index is 1.51. The summed E-state index contributed by atoms with van der Waals surface area (Å²) in [6.07, 6.45) is 0.960. The zero-order valence-corrected chi connectivity index (χ0v) is 17.6. The number of amides is 1. The van der Waals surface area contributed by atoms with Crippen LogP contribution in [0, 0.1) is 12.8 Å². The van der Waals surface area contributed by atoms with Gasteiger partial charge in [-0.05, 0) is 31.9 Å². The second kappa shape index (κ2) is 8.19. The zero-order valence-electron chi connectivity index (χ0n) is 16.8. The van der Waals surface area contributed by atoms with E-state index in [0.717, 1.165) is 4.31 Å². The number of anilines is 1. The minimum atomic E-state index is -4.19. The van der Waals surface area contributed by atoms with E-state index in [1.807, 2.05) is 4.98 Å². The highest BCUT2D eigenvalue weighted by atomic mass is 32.2. The third kappa shape index (κ3) is 4.21. The summed E-state index contributed by atoms with van der Waals surface area (Å²) in [5, 5.41) is 2.79. The lowest BCUT2D eigenvalue weighted by Crippen LogP contribution is -2.45. The van der Waals surface area contributed by atoms with E-state index in [0.29, 0.717) is 43.2 Å². The number of aromatic amines is 2. The fourth-order valence-corrected chi connectivity index (χ4v) is 5.50. The number of nitrogens with zero attached hydrogens (tertiary/aromatic N) is 1. The summed E-state index contributed by atoms with van der Waals surface area (Å²) in [6, 6.07) is 5.05. The van der Waals surface area contributed by atoms with Crippen LogP contribution in [-0.2, 0) is 14.8 Å². The molecule has 0 spiro atoms. The number of fused-ring (bicyclic) bond motifs is 1. The van der Waals surface area contributed by atoms with Crippen LogP contribution in [-0.4, -0.2) is 54.9 Å². The first-order valence-corrected chi connectivity index (χ1v) is 11.2. The monoisotopic (exact) mass is 450 g/mol. The average Bonchev–Trinajstić information content (AvgIpc) is 2.73. The Morgan fingerprint density at radius 3 is 2.65 bits per heavy atom. The van der Waals surface area contributed by atoms with Crippen LogP contribution in [0.5, 0.6) is 11.5 Å². The first-order valence-electron chi connectivity index (χ1n) is 9.79. The first kappa shape index (κ1) is 21.1. The number of carbonyl (C=O) groups excluding carboxylic acids is 1. The van der Waals surface area contributed by atoms with E-state index < -0.39 is 32.1 Å². The summed E-state index contributed by atoms with van der Waals surface area (Å²) in [5.41, 5.74) is -1.29. The maximum absolute atomic E-state index is 13.0. The number of aryl methyl sites for hydroxylation is 1. The van der Waals surface area contributed by atoms with E-state index >= 15 is 0 Å². The molecular weight excluding hydrogens is 428 g/mol. The molecule has 2 aromatic rings. The van der Waals surface area contributed by atoms with Crippen LogP contribution in [0.1, 0.15) is 18.5 Å². The predicted molar refractivity (Wildman–Crippen MR) is 110 cm³/mol. The quantitative estimate of drug-likeness (QED) is 0.601. The molecule has 0 aliphatic carbocycles. The number of piperidine rings is 1. The van der Waals surface area contributed by atoms with Crippen molar-refractivity contribution >= 4 is 21.6 Å². The Hall–Kier alpha value is -3.12. The van der Waals surface area contributed by atoms with E-state index in [9.17, 15) is 22.8 Å². The zero-order chi connectivity index (χ0) is 22.2. The molecule has 31 heavy (non-hydrogen) atoms. The number of hydrogen-bond donors (Lipinski definition) is 3. The molecule has 0 unspecified atom stereocenters. The average molecular weight is 450 g/mol. The van der Waals surface area contributed by atoms with Gasteiger partial charge in [0.25, 0.3) is 5.56 Å². The molecule has 1 aromatic carbocycles. The molecule has 11 nitrogen and oxygen atoms in total. The third-order valence-corrected chi connectivity index (χ3v) is 7.26. The van der Waals surface area contributed by atoms with Gasteiger partial charge in [0, 0.05) is 30.5 Å². The number of nitrogens with one attached hydrogen (secondary N) is 3. The second-order valence-corrected chi connectivity index (χ2v) is 9.29. The van der Waals surface area contributed by atoms with Gasteiger partial charge in [-0.15, -0.1) is 0 Å². The van der Waals surface area contributed by atoms with Gasteiger partial charge in [0.2, 0.25) is 15.9 Å². The molecule has 2 aliphatic heterocycles. The lowest BCUT2D eigenvalue weighted by atomic mass is 9.98. The van der Waals surface area contributed by atoms with Crippen molar-refractivity contribution in [3.05, 3.63) is 44.7 Å². The number of ether oxygens (including phenoxy) is 2. The highest BCUT2D eigenvalue weighted by Crippen LogP contribution is 2.33. The molecule has 166 valence electrons. The topological polar surface area (TPSA) is 151 Å². The molecule has 0 radical (unpaired) electrons. The van der Waals surface area contributed by atoms with Gasteiger partial charge in [0.1, 0.15) is 13.2 Å². The number of H-pyrrole nitrogens is 2. The van der Waals surface area contributed by atoms with E-state index in [4.69, 9.17) is 9.47 Å². The van der Waals surface area contributed by atoms with Gasteiger partial charge in [-0.3, -0.25) is 14.6 Å². The Bertz CT molecular complexity index is 1230. The Morgan fingerprint density at radius 2 is 1.90 bits per heavy atom. The van der Waals surface area contributed by atoms with Crippen molar-refractivity contribution < 1.29 is 22.7 Å². The van der Waals surface area contributed by atoms with Gasteiger partial charge in [-0.2, -0.15) is 4.31 Å². The largest absolute Gasteiger partial charge is 0.486 e. The van der Waals surface area contributed by atoms with Gasteiger partial charge >= 0.3 is 5.69 Å². The van der Waals surface area contributed by atoms with Gasteiger partial charge in [-0.1, -0.05) is 0 Å². The number of sulfonamides is 1. The van der Waals surface area contributed by atoms with Crippen molar-refractivity contribution in [2.75, 3.05) is 31.6 Å². The molecule has 2 aliphatic rings. The molecule has 1 fully saturated rings. The molecule has 1 amide bonds. The molecule has 3 heterocycles. The third-order valence-electron chi connectivity index (χ3n) is 5.24. The van der Waals surface area contributed by atoms with Gasteiger partial charge in [0.15, 0.2) is 16.4 Å². The number of hydrogen-bond acceptors (Lipinski definition) is 7. The minimum Gasteiger partial charge on any atom is -0.486 e. The van der Waals surface area contributed by atoms with E-state index in [1.165, 1.54) is 6.92 Å². The molecule has 3 N–H and O–H groups in total. The van der Waals surface area contributed by atoms with Crippen LogP contribution in [0.2, 0.25) is 0 Å². The van der Waals surface area contributed by atoms with Gasteiger partial charge in [0.05, 0.1) is 5.92 Å². The molecule has 1 aromatic heterocycles. The Morgan fingerprint density at radius 1 is 1.16 bits per heavy atom. The lowest BCUT2D eigenvalue weighted by Gasteiger charge is -2.31. The van der Waals surface area contributed by atoms with E-state index in [1.54, 1.807) is 18.2 Å². The molecule has 0 saturated carbocycles.